The maximum atomic E-state index is 11.7. The van der Waals surface area contributed by atoms with Crippen molar-refractivity contribution in [2.45, 2.75) is 32.9 Å². The van der Waals surface area contributed by atoms with Crippen molar-refractivity contribution in [3.63, 3.8) is 0 Å². The number of benzene rings is 1. The predicted molar refractivity (Wildman–Crippen MR) is 80.1 cm³/mol. The lowest BCUT2D eigenvalue weighted by molar-refractivity contribution is 0.157. The van der Waals surface area contributed by atoms with Gasteiger partial charge in [-0.05, 0) is 31.0 Å². The van der Waals surface area contributed by atoms with Crippen molar-refractivity contribution in [2.75, 3.05) is 18.5 Å². The largest absolute Gasteiger partial charge is 0.448 e. The predicted octanol–water partition coefficient (Wildman–Crippen LogP) is 2.56. The summed E-state index contributed by atoms with van der Waals surface area (Å²) in [4.78, 5) is 24.7. The first-order valence-electron chi connectivity index (χ1n) is 7.16. The highest BCUT2D eigenvalue weighted by atomic mass is 16.6. The van der Waals surface area contributed by atoms with Crippen LogP contribution in [0.3, 0.4) is 0 Å². The van der Waals surface area contributed by atoms with Crippen LogP contribution in [0.5, 0.6) is 0 Å². The number of nitrogens with one attached hydrogen (secondary N) is 2. The zero-order chi connectivity index (χ0) is 15.2. The van der Waals surface area contributed by atoms with Crippen molar-refractivity contribution in [3.8, 4) is 0 Å². The summed E-state index contributed by atoms with van der Waals surface area (Å²) in [6.45, 7) is 5.57. The van der Waals surface area contributed by atoms with Crippen molar-refractivity contribution in [1.29, 1.82) is 0 Å². The second-order valence-electron chi connectivity index (χ2n) is 5.14. The van der Waals surface area contributed by atoms with Crippen LogP contribution in [0.2, 0.25) is 0 Å². The van der Waals surface area contributed by atoms with Crippen molar-refractivity contribution in [1.82, 2.24) is 10.2 Å². The Kier molecular flexibility index (Phi) is 5.03. The van der Waals surface area contributed by atoms with Gasteiger partial charge in [-0.25, -0.2) is 9.59 Å². The Morgan fingerprint density at radius 1 is 1.38 bits per heavy atom. The quantitative estimate of drug-likeness (QED) is 0.876. The van der Waals surface area contributed by atoms with E-state index in [0.717, 1.165) is 17.7 Å². The molecule has 0 radical (unpaired) electrons. The molecule has 0 aromatic heterocycles. The zero-order valence-electron chi connectivity index (χ0n) is 12.4. The van der Waals surface area contributed by atoms with Crippen LogP contribution in [-0.2, 0) is 11.3 Å². The van der Waals surface area contributed by atoms with Crippen LogP contribution in [0.4, 0.5) is 15.3 Å². The highest BCUT2D eigenvalue weighted by Gasteiger charge is 2.21. The van der Waals surface area contributed by atoms with E-state index in [4.69, 9.17) is 4.74 Å². The van der Waals surface area contributed by atoms with Crippen LogP contribution in [0.15, 0.2) is 24.3 Å². The molecule has 1 fully saturated rings. The van der Waals surface area contributed by atoms with Crippen LogP contribution in [0, 0.1) is 0 Å². The van der Waals surface area contributed by atoms with E-state index in [1.165, 1.54) is 0 Å². The molecule has 6 heteroatoms. The van der Waals surface area contributed by atoms with E-state index in [0.29, 0.717) is 19.7 Å². The van der Waals surface area contributed by atoms with Crippen LogP contribution in [0.1, 0.15) is 25.8 Å². The highest BCUT2D eigenvalue weighted by molar-refractivity contribution is 5.89. The third kappa shape index (κ3) is 4.37. The smallest absolute Gasteiger partial charge is 0.410 e. The molecule has 2 rings (SSSR count). The second kappa shape index (κ2) is 6.97. The van der Waals surface area contributed by atoms with Crippen molar-refractivity contribution in [2.24, 2.45) is 0 Å². The van der Waals surface area contributed by atoms with E-state index in [1.54, 1.807) is 4.90 Å². The van der Waals surface area contributed by atoms with E-state index < -0.39 is 0 Å². The number of ether oxygens (including phenoxy) is 1. The van der Waals surface area contributed by atoms with E-state index in [2.05, 4.69) is 10.6 Å². The van der Waals surface area contributed by atoms with Gasteiger partial charge in [0.05, 0.1) is 6.54 Å². The molecule has 1 heterocycles. The number of cyclic esters (lactones) is 1. The van der Waals surface area contributed by atoms with Gasteiger partial charge in [0.15, 0.2) is 0 Å². The van der Waals surface area contributed by atoms with Gasteiger partial charge in [0.1, 0.15) is 6.61 Å². The van der Waals surface area contributed by atoms with Crippen LogP contribution in [-0.4, -0.2) is 36.2 Å². The fourth-order valence-corrected chi connectivity index (χ4v) is 1.98. The number of rotatable bonds is 5. The van der Waals surface area contributed by atoms with E-state index >= 15 is 0 Å². The summed E-state index contributed by atoms with van der Waals surface area (Å²) in [7, 11) is 0. The van der Waals surface area contributed by atoms with Gasteiger partial charge in [-0.2, -0.15) is 0 Å². The SMILES string of the molecule is CC[C@H](C)NC(=O)Nc1ccc(CN2CCOC2=O)cc1. The monoisotopic (exact) mass is 291 g/mol. The Morgan fingerprint density at radius 3 is 2.67 bits per heavy atom. The van der Waals surface area contributed by atoms with Crippen LogP contribution >= 0.6 is 0 Å². The van der Waals surface area contributed by atoms with Gasteiger partial charge in [-0.15, -0.1) is 0 Å². The summed E-state index contributed by atoms with van der Waals surface area (Å²) in [5.41, 5.74) is 1.73. The molecule has 0 unspecified atom stereocenters. The Morgan fingerprint density at radius 2 is 2.10 bits per heavy atom. The molecular weight excluding hydrogens is 270 g/mol. The standard InChI is InChI=1S/C15H21N3O3/c1-3-11(2)16-14(19)17-13-6-4-12(5-7-13)10-18-8-9-21-15(18)20/h4-7,11H,3,8-10H2,1-2H3,(H2,16,17,19)/t11-/m0/s1. The molecular formula is C15H21N3O3. The van der Waals surface area contributed by atoms with Gasteiger partial charge in [-0.1, -0.05) is 19.1 Å². The highest BCUT2D eigenvalue weighted by Crippen LogP contribution is 2.14. The second-order valence-corrected chi connectivity index (χ2v) is 5.14. The average Bonchev–Trinajstić information content (AvgIpc) is 2.86. The first-order valence-corrected chi connectivity index (χ1v) is 7.16. The average molecular weight is 291 g/mol. The Bertz CT molecular complexity index is 501. The summed E-state index contributed by atoms with van der Waals surface area (Å²) >= 11 is 0. The van der Waals surface area contributed by atoms with Crippen molar-refractivity contribution < 1.29 is 14.3 Å². The first kappa shape index (κ1) is 15.2. The molecule has 1 aliphatic heterocycles. The molecule has 0 spiro atoms. The number of amides is 3. The summed E-state index contributed by atoms with van der Waals surface area (Å²) in [6.07, 6.45) is 0.614. The maximum Gasteiger partial charge on any atom is 0.410 e. The Balaban J connectivity index is 1.87. The molecule has 0 saturated carbocycles. The lowest BCUT2D eigenvalue weighted by Gasteiger charge is -2.14. The fraction of sp³-hybridized carbons (Fsp3) is 0.467. The van der Waals surface area contributed by atoms with Crippen molar-refractivity contribution >= 4 is 17.8 Å². The van der Waals surface area contributed by atoms with Gasteiger partial charge in [0, 0.05) is 18.3 Å². The minimum Gasteiger partial charge on any atom is -0.448 e. The molecule has 2 N–H and O–H groups in total. The lowest BCUT2D eigenvalue weighted by Crippen LogP contribution is -2.35. The number of hydrogen-bond acceptors (Lipinski definition) is 3. The molecule has 0 aliphatic carbocycles. The number of carbonyl (C=O) groups is 2. The molecule has 1 aromatic rings. The number of hydrogen-bond donors (Lipinski definition) is 2. The third-order valence-corrected chi connectivity index (χ3v) is 3.42. The van der Waals surface area contributed by atoms with Crippen LogP contribution in [0.25, 0.3) is 0 Å². The lowest BCUT2D eigenvalue weighted by atomic mass is 10.2. The third-order valence-electron chi connectivity index (χ3n) is 3.42. The summed E-state index contributed by atoms with van der Waals surface area (Å²) in [5, 5.41) is 5.62. The zero-order valence-corrected chi connectivity index (χ0v) is 12.4. The molecule has 1 atom stereocenters. The molecule has 114 valence electrons. The topological polar surface area (TPSA) is 70.7 Å². The number of anilines is 1. The number of urea groups is 1. The van der Waals surface area contributed by atoms with E-state index in [9.17, 15) is 9.59 Å². The van der Waals surface area contributed by atoms with Gasteiger partial charge in [-0.3, -0.25) is 0 Å². The molecule has 6 nitrogen and oxygen atoms in total. The van der Waals surface area contributed by atoms with Gasteiger partial charge in [0.25, 0.3) is 0 Å². The van der Waals surface area contributed by atoms with Crippen molar-refractivity contribution in [3.05, 3.63) is 29.8 Å². The summed E-state index contributed by atoms with van der Waals surface area (Å²) in [5.74, 6) is 0. The minimum absolute atomic E-state index is 0.144. The summed E-state index contributed by atoms with van der Waals surface area (Å²) < 4.78 is 4.88. The van der Waals surface area contributed by atoms with E-state index in [-0.39, 0.29) is 18.2 Å². The maximum absolute atomic E-state index is 11.7. The normalized spacial score (nSPS) is 15.5. The molecule has 1 saturated heterocycles. The first-order chi connectivity index (χ1) is 10.1. The van der Waals surface area contributed by atoms with Gasteiger partial charge < -0.3 is 20.3 Å². The molecule has 21 heavy (non-hydrogen) atoms. The van der Waals surface area contributed by atoms with Gasteiger partial charge >= 0.3 is 12.1 Å². The van der Waals surface area contributed by atoms with Gasteiger partial charge in [0.2, 0.25) is 0 Å². The number of carbonyl (C=O) groups excluding carboxylic acids is 2. The van der Waals surface area contributed by atoms with Crippen LogP contribution < -0.4 is 10.6 Å². The minimum atomic E-state index is -0.273. The molecule has 1 aromatic carbocycles. The molecule has 0 bridgehead atoms. The fourth-order valence-electron chi connectivity index (χ4n) is 1.98. The molecule has 1 aliphatic rings. The Labute approximate surface area is 124 Å². The number of nitrogens with zero attached hydrogens (tertiary/aromatic N) is 1. The Hall–Kier alpha value is -2.24. The summed E-state index contributed by atoms with van der Waals surface area (Å²) in [6, 6.07) is 7.38. The molecule has 3 amide bonds. The van der Waals surface area contributed by atoms with E-state index in [1.807, 2.05) is 38.1 Å².